The largest absolute Gasteiger partial charge is 0.308 e. The van der Waals surface area contributed by atoms with E-state index in [0.717, 1.165) is 0 Å². The quantitative estimate of drug-likeness (QED) is 0.650. The van der Waals surface area contributed by atoms with Crippen LogP contribution in [0.5, 0.6) is 0 Å². The molecule has 0 aromatic carbocycles. The molecule has 2 heterocycles. The Labute approximate surface area is 83.4 Å². The summed E-state index contributed by atoms with van der Waals surface area (Å²) in [6, 6.07) is 0. The van der Waals surface area contributed by atoms with E-state index in [1.807, 2.05) is 0 Å². The summed E-state index contributed by atoms with van der Waals surface area (Å²) in [7, 11) is -2.97. The van der Waals surface area contributed by atoms with E-state index in [1.54, 1.807) is 0 Å². The van der Waals surface area contributed by atoms with Crippen LogP contribution in [0.3, 0.4) is 0 Å². The highest BCUT2D eigenvalue weighted by molar-refractivity contribution is 7.91. The highest BCUT2D eigenvalue weighted by atomic mass is 35.5. The molecule has 0 aromatic heterocycles. The maximum absolute atomic E-state index is 13.3. The molecule has 0 bridgehead atoms. The molecule has 2 saturated heterocycles. The SMILES string of the molecule is Cl.O=S1(=O)CCC2(C1)NCCC2F. The molecule has 1 N–H and O–H groups in total. The predicted molar refractivity (Wildman–Crippen MR) is 50.8 cm³/mol. The van der Waals surface area contributed by atoms with Gasteiger partial charge in [-0.05, 0) is 19.4 Å². The summed E-state index contributed by atoms with van der Waals surface area (Å²) >= 11 is 0. The van der Waals surface area contributed by atoms with Crippen molar-refractivity contribution in [2.75, 3.05) is 18.1 Å². The Morgan fingerprint density at radius 3 is 2.54 bits per heavy atom. The Hall–Kier alpha value is 0.130. The highest BCUT2D eigenvalue weighted by Crippen LogP contribution is 2.33. The van der Waals surface area contributed by atoms with Gasteiger partial charge in [0.15, 0.2) is 9.84 Å². The monoisotopic (exact) mass is 229 g/mol. The van der Waals surface area contributed by atoms with Crippen LogP contribution < -0.4 is 5.32 Å². The molecular formula is C7H13ClFNO2S. The van der Waals surface area contributed by atoms with E-state index >= 15 is 0 Å². The zero-order chi connectivity index (χ0) is 8.82. The molecule has 0 saturated carbocycles. The number of hydrogen-bond acceptors (Lipinski definition) is 3. The van der Waals surface area contributed by atoms with Gasteiger partial charge in [0.25, 0.3) is 0 Å². The van der Waals surface area contributed by atoms with Gasteiger partial charge in [0.1, 0.15) is 6.17 Å². The summed E-state index contributed by atoms with van der Waals surface area (Å²) in [6.07, 6.45) is -0.0822. The van der Waals surface area contributed by atoms with E-state index in [0.29, 0.717) is 19.4 Å². The first kappa shape index (κ1) is 11.2. The number of hydrogen-bond donors (Lipinski definition) is 1. The Kier molecular flexibility index (Phi) is 2.90. The van der Waals surface area contributed by atoms with Crippen LogP contribution in [0, 0.1) is 0 Å². The Bertz CT molecular complexity index is 295. The second-order valence-electron chi connectivity index (χ2n) is 3.68. The van der Waals surface area contributed by atoms with Crippen molar-refractivity contribution in [1.29, 1.82) is 0 Å². The number of alkyl halides is 1. The Morgan fingerprint density at radius 2 is 2.15 bits per heavy atom. The minimum absolute atomic E-state index is 0. The first-order valence-corrected chi connectivity index (χ1v) is 5.96. The van der Waals surface area contributed by atoms with E-state index in [4.69, 9.17) is 0 Å². The molecule has 0 amide bonds. The van der Waals surface area contributed by atoms with Crippen LogP contribution in [0.1, 0.15) is 12.8 Å². The fourth-order valence-electron chi connectivity index (χ4n) is 2.10. The predicted octanol–water partition coefficient (Wildman–Crippen LogP) is 0.297. The van der Waals surface area contributed by atoms with Crippen LogP contribution in [-0.2, 0) is 9.84 Å². The van der Waals surface area contributed by atoms with E-state index < -0.39 is 21.5 Å². The summed E-state index contributed by atoms with van der Waals surface area (Å²) in [5, 5.41) is 2.98. The van der Waals surface area contributed by atoms with E-state index in [-0.39, 0.29) is 23.9 Å². The van der Waals surface area contributed by atoms with Crippen LogP contribution >= 0.6 is 12.4 Å². The molecule has 2 aliphatic heterocycles. The average molecular weight is 230 g/mol. The number of sulfone groups is 1. The van der Waals surface area contributed by atoms with Crippen molar-refractivity contribution in [3.8, 4) is 0 Å². The molecule has 2 unspecified atom stereocenters. The number of nitrogens with one attached hydrogen (secondary N) is 1. The lowest BCUT2D eigenvalue weighted by atomic mass is 9.95. The van der Waals surface area contributed by atoms with Crippen LogP contribution in [0.2, 0.25) is 0 Å². The molecule has 2 fully saturated rings. The second kappa shape index (κ2) is 3.37. The van der Waals surface area contributed by atoms with Crippen molar-refractivity contribution in [2.24, 2.45) is 0 Å². The van der Waals surface area contributed by atoms with Gasteiger partial charge >= 0.3 is 0 Å². The first-order chi connectivity index (χ1) is 5.54. The van der Waals surface area contributed by atoms with Crippen LogP contribution in [0.4, 0.5) is 4.39 Å². The molecule has 1 spiro atoms. The minimum atomic E-state index is -2.97. The lowest BCUT2D eigenvalue weighted by molar-refractivity contribution is 0.223. The minimum Gasteiger partial charge on any atom is -0.308 e. The van der Waals surface area contributed by atoms with E-state index in [1.165, 1.54) is 0 Å². The van der Waals surface area contributed by atoms with Crippen LogP contribution in [0.15, 0.2) is 0 Å². The topological polar surface area (TPSA) is 46.2 Å². The molecule has 78 valence electrons. The summed E-state index contributed by atoms with van der Waals surface area (Å²) in [4.78, 5) is 0. The molecule has 2 aliphatic rings. The van der Waals surface area contributed by atoms with Gasteiger partial charge in [-0.2, -0.15) is 0 Å². The lowest BCUT2D eigenvalue weighted by Crippen LogP contribution is -2.47. The van der Waals surface area contributed by atoms with Gasteiger partial charge in [0.2, 0.25) is 0 Å². The maximum Gasteiger partial charge on any atom is 0.152 e. The van der Waals surface area contributed by atoms with Crippen molar-refractivity contribution in [1.82, 2.24) is 5.32 Å². The summed E-state index contributed by atoms with van der Waals surface area (Å²) in [6.45, 7) is 0.608. The molecule has 6 heteroatoms. The molecule has 0 aromatic rings. The lowest BCUT2D eigenvalue weighted by Gasteiger charge is -2.23. The third-order valence-electron chi connectivity index (χ3n) is 2.81. The molecule has 0 aliphatic carbocycles. The fraction of sp³-hybridized carbons (Fsp3) is 1.00. The third-order valence-corrected chi connectivity index (χ3v) is 4.59. The van der Waals surface area contributed by atoms with Gasteiger partial charge in [0.05, 0.1) is 17.0 Å². The van der Waals surface area contributed by atoms with E-state index in [9.17, 15) is 12.8 Å². The number of rotatable bonds is 0. The highest BCUT2D eigenvalue weighted by Gasteiger charge is 2.50. The van der Waals surface area contributed by atoms with Crippen LogP contribution in [-0.4, -0.2) is 38.2 Å². The fourth-order valence-corrected chi connectivity index (χ4v) is 4.13. The van der Waals surface area contributed by atoms with Crippen molar-refractivity contribution in [3.05, 3.63) is 0 Å². The molecule has 2 rings (SSSR count). The standard InChI is InChI=1S/C7H12FNO2S.ClH/c8-6-1-3-9-7(6)2-4-12(10,11)5-7;/h6,9H,1-5H2;1H. The zero-order valence-electron chi connectivity index (χ0n) is 7.12. The summed E-state index contributed by atoms with van der Waals surface area (Å²) in [5.74, 6) is 0.127. The third kappa shape index (κ3) is 1.82. The van der Waals surface area contributed by atoms with Crippen molar-refractivity contribution in [3.63, 3.8) is 0 Å². The molecule has 13 heavy (non-hydrogen) atoms. The number of halogens is 2. The van der Waals surface area contributed by atoms with Gasteiger partial charge in [-0.1, -0.05) is 0 Å². The van der Waals surface area contributed by atoms with Crippen LogP contribution in [0.25, 0.3) is 0 Å². The summed E-state index contributed by atoms with van der Waals surface area (Å²) in [5.41, 5.74) is -0.723. The Morgan fingerprint density at radius 1 is 1.46 bits per heavy atom. The van der Waals surface area contributed by atoms with Gasteiger partial charge in [-0.15, -0.1) is 12.4 Å². The molecular weight excluding hydrogens is 217 g/mol. The molecule has 2 atom stereocenters. The smallest absolute Gasteiger partial charge is 0.152 e. The molecule has 3 nitrogen and oxygen atoms in total. The van der Waals surface area contributed by atoms with Gasteiger partial charge < -0.3 is 5.32 Å². The average Bonchev–Trinajstić information content (AvgIpc) is 2.43. The second-order valence-corrected chi connectivity index (χ2v) is 5.87. The van der Waals surface area contributed by atoms with Gasteiger partial charge in [0, 0.05) is 0 Å². The first-order valence-electron chi connectivity index (χ1n) is 4.14. The van der Waals surface area contributed by atoms with Gasteiger partial charge in [-0.3, -0.25) is 0 Å². The molecule has 0 radical (unpaired) electrons. The van der Waals surface area contributed by atoms with Crippen molar-refractivity contribution >= 4 is 22.2 Å². The normalized spacial score (nSPS) is 42.1. The van der Waals surface area contributed by atoms with Crippen molar-refractivity contribution < 1.29 is 12.8 Å². The zero-order valence-corrected chi connectivity index (χ0v) is 8.76. The maximum atomic E-state index is 13.3. The van der Waals surface area contributed by atoms with Crippen molar-refractivity contribution in [2.45, 2.75) is 24.6 Å². The Balaban J connectivity index is 0.000000845. The van der Waals surface area contributed by atoms with Gasteiger partial charge in [-0.25, -0.2) is 12.8 Å². The summed E-state index contributed by atoms with van der Waals surface area (Å²) < 4.78 is 35.6. The van der Waals surface area contributed by atoms with E-state index in [2.05, 4.69) is 5.32 Å².